The molecule has 0 aliphatic carbocycles. The van der Waals surface area contributed by atoms with Gasteiger partial charge in [0, 0.05) is 13.0 Å². The van der Waals surface area contributed by atoms with Gasteiger partial charge in [-0.05, 0) is 37.1 Å². The summed E-state index contributed by atoms with van der Waals surface area (Å²) in [6, 6.07) is 3.13. The number of carbonyl (C=O) groups excluding carboxylic acids is 1. The zero-order chi connectivity index (χ0) is 13.5. The Morgan fingerprint density at radius 2 is 2.06 bits per heavy atom. The van der Waals surface area contributed by atoms with Gasteiger partial charge in [-0.2, -0.15) is 0 Å². The van der Waals surface area contributed by atoms with E-state index in [0.29, 0.717) is 13.0 Å². The van der Waals surface area contributed by atoms with Crippen LogP contribution in [0.5, 0.6) is 0 Å². The second-order valence-electron chi connectivity index (χ2n) is 4.11. The fourth-order valence-corrected chi connectivity index (χ4v) is 1.78. The van der Waals surface area contributed by atoms with Gasteiger partial charge in [-0.15, -0.1) is 0 Å². The van der Waals surface area contributed by atoms with Crippen molar-refractivity contribution in [3.8, 4) is 0 Å². The Morgan fingerprint density at radius 3 is 2.67 bits per heavy atom. The largest absolute Gasteiger partial charge is 0.371 e. The van der Waals surface area contributed by atoms with Crippen molar-refractivity contribution < 1.29 is 18.3 Å². The van der Waals surface area contributed by atoms with Gasteiger partial charge in [0.15, 0.2) is 5.78 Å². The highest BCUT2D eigenvalue weighted by molar-refractivity contribution is 5.85. The first-order valence-electron chi connectivity index (χ1n) is 6.16. The Balaban J connectivity index is 2.75. The van der Waals surface area contributed by atoms with Crippen LogP contribution in [-0.2, 0) is 16.0 Å². The second kappa shape index (κ2) is 7.21. The maximum Gasteiger partial charge on any atom is 0.166 e. The fraction of sp³-hybridized carbons (Fsp3) is 0.500. The molecule has 0 amide bonds. The molecule has 0 aliphatic rings. The highest BCUT2D eigenvalue weighted by atomic mass is 19.1. The molecule has 1 aromatic carbocycles. The molecule has 18 heavy (non-hydrogen) atoms. The molecule has 0 aromatic heterocycles. The van der Waals surface area contributed by atoms with Crippen molar-refractivity contribution >= 4 is 5.78 Å². The van der Waals surface area contributed by atoms with Crippen LogP contribution in [0.1, 0.15) is 32.3 Å². The summed E-state index contributed by atoms with van der Waals surface area (Å²) in [6.45, 7) is 4.18. The van der Waals surface area contributed by atoms with Crippen molar-refractivity contribution in [3.05, 3.63) is 35.4 Å². The number of benzene rings is 1. The molecule has 0 saturated carbocycles. The summed E-state index contributed by atoms with van der Waals surface area (Å²) in [7, 11) is 0. The third-order valence-corrected chi connectivity index (χ3v) is 2.65. The molecule has 1 rings (SSSR count). The van der Waals surface area contributed by atoms with E-state index in [1.807, 2.05) is 6.92 Å². The van der Waals surface area contributed by atoms with E-state index in [9.17, 15) is 13.6 Å². The molecule has 0 fully saturated rings. The summed E-state index contributed by atoms with van der Waals surface area (Å²) in [5.74, 6) is -1.30. The first-order valence-corrected chi connectivity index (χ1v) is 6.16. The Morgan fingerprint density at radius 1 is 1.33 bits per heavy atom. The number of ether oxygens (including phenoxy) is 1. The third-order valence-electron chi connectivity index (χ3n) is 2.65. The van der Waals surface area contributed by atoms with E-state index in [1.54, 1.807) is 6.92 Å². The van der Waals surface area contributed by atoms with Gasteiger partial charge >= 0.3 is 0 Å². The van der Waals surface area contributed by atoms with Crippen molar-refractivity contribution in [1.29, 1.82) is 0 Å². The van der Waals surface area contributed by atoms with Crippen molar-refractivity contribution in [2.75, 3.05) is 6.61 Å². The smallest absolute Gasteiger partial charge is 0.166 e. The molecule has 0 saturated heterocycles. The molecule has 0 aliphatic heterocycles. The van der Waals surface area contributed by atoms with Crippen LogP contribution in [0.25, 0.3) is 0 Å². The Hall–Kier alpha value is -1.29. The van der Waals surface area contributed by atoms with Crippen molar-refractivity contribution in [2.45, 2.75) is 39.2 Å². The quantitative estimate of drug-likeness (QED) is 0.748. The number of hydrogen-bond donors (Lipinski definition) is 0. The summed E-state index contributed by atoms with van der Waals surface area (Å²) >= 11 is 0. The van der Waals surface area contributed by atoms with Gasteiger partial charge < -0.3 is 4.74 Å². The Bertz CT molecular complexity index is 399. The maximum atomic E-state index is 13.4. The van der Waals surface area contributed by atoms with Crippen molar-refractivity contribution in [3.63, 3.8) is 0 Å². The van der Waals surface area contributed by atoms with Gasteiger partial charge in [-0.1, -0.05) is 13.3 Å². The van der Waals surface area contributed by atoms with Crippen molar-refractivity contribution in [2.24, 2.45) is 0 Å². The van der Waals surface area contributed by atoms with Gasteiger partial charge in [0.25, 0.3) is 0 Å². The summed E-state index contributed by atoms with van der Waals surface area (Å²) in [6.07, 6.45) is 0.752. The zero-order valence-corrected chi connectivity index (χ0v) is 10.7. The Labute approximate surface area is 106 Å². The van der Waals surface area contributed by atoms with E-state index in [0.717, 1.165) is 24.6 Å². The van der Waals surface area contributed by atoms with Crippen LogP contribution in [-0.4, -0.2) is 18.5 Å². The van der Waals surface area contributed by atoms with E-state index < -0.39 is 17.7 Å². The standard InChI is InChI=1S/C14H18F2O2/c1-3-5-14(18-4-2)13(17)9-10-8-11(15)6-7-12(10)16/h6-8,14H,3-5,9H2,1-2H3. The summed E-state index contributed by atoms with van der Waals surface area (Å²) in [5, 5.41) is 0. The van der Waals surface area contributed by atoms with Crippen molar-refractivity contribution in [1.82, 2.24) is 0 Å². The highest BCUT2D eigenvalue weighted by Crippen LogP contribution is 2.14. The number of ketones is 1. The summed E-state index contributed by atoms with van der Waals surface area (Å²) in [5.41, 5.74) is 0.0841. The number of hydrogen-bond acceptors (Lipinski definition) is 2. The minimum atomic E-state index is -0.559. The number of carbonyl (C=O) groups is 1. The van der Waals surface area contributed by atoms with Gasteiger partial charge in [0.05, 0.1) is 0 Å². The lowest BCUT2D eigenvalue weighted by atomic mass is 10.0. The lowest BCUT2D eigenvalue weighted by Crippen LogP contribution is -2.26. The van der Waals surface area contributed by atoms with E-state index in [4.69, 9.17) is 4.74 Å². The minimum Gasteiger partial charge on any atom is -0.371 e. The molecule has 0 radical (unpaired) electrons. The summed E-state index contributed by atoms with van der Waals surface area (Å²) < 4.78 is 31.7. The van der Waals surface area contributed by atoms with E-state index in [2.05, 4.69) is 0 Å². The Kier molecular flexibility index (Phi) is 5.92. The minimum absolute atomic E-state index is 0.0841. The van der Waals surface area contributed by atoms with Crippen LogP contribution in [0.4, 0.5) is 8.78 Å². The summed E-state index contributed by atoms with van der Waals surface area (Å²) in [4.78, 5) is 11.9. The molecule has 0 heterocycles. The highest BCUT2D eigenvalue weighted by Gasteiger charge is 2.19. The molecule has 0 bridgehead atoms. The normalized spacial score (nSPS) is 12.4. The van der Waals surface area contributed by atoms with Crippen LogP contribution in [0.2, 0.25) is 0 Å². The molecule has 2 nitrogen and oxygen atoms in total. The molecule has 4 heteroatoms. The third kappa shape index (κ3) is 4.18. The molecule has 0 spiro atoms. The maximum absolute atomic E-state index is 13.4. The van der Waals surface area contributed by atoms with Crippen LogP contribution >= 0.6 is 0 Å². The average molecular weight is 256 g/mol. The molecule has 1 aromatic rings. The lowest BCUT2D eigenvalue weighted by molar-refractivity contribution is -0.130. The first kappa shape index (κ1) is 14.8. The van der Waals surface area contributed by atoms with Crippen LogP contribution in [0.15, 0.2) is 18.2 Å². The van der Waals surface area contributed by atoms with Crippen LogP contribution in [0.3, 0.4) is 0 Å². The van der Waals surface area contributed by atoms with Gasteiger partial charge in [0.2, 0.25) is 0 Å². The average Bonchev–Trinajstić information content (AvgIpc) is 2.33. The fourth-order valence-electron chi connectivity index (χ4n) is 1.78. The number of Topliss-reactive ketones (excluding diaryl/α,β-unsaturated/α-hetero) is 1. The van der Waals surface area contributed by atoms with E-state index >= 15 is 0 Å². The molecule has 1 unspecified atom stereocenters. The zero-order valence-electron chi connectivity index (χ0n) is 10.7. The molecule has 100 valence electrons. The SMILES string of the molecule is CCCC(OCC)C(=O)Cc1cc(F)ccc1F. The number of halogens is 2. The van der Waals surface area contributed by atoms with Gasteiger partial charge in [-0.25, -0.2) is 8.78 Å². The molecule has 1 atom stereocenters. The number of rotatable bonds is 7. The van der Waals surface area contributed by atoms with Crippen LogP contribution < -0.4 is 0 Å². The van der Waals surface area contributed by atoms with Gasteiger partial charge in [-0.3, -0.25) is 4.79 Å². The first-order chi connectivity index (χ1) is 8.58. The molecular formula is C14H18F2O2. The molecule has 0 N–H and O–H groups in total. The molecular weight excluding hydrogens is 238 g/mol. The predicted octanol–water partition coefficient (Wildman–Crippen LogP) is 3.28. The van der Waals surface area contributed by atoms with E-state index in [-0.39, 0.29) is 17.8 Å². The van der Waals surface area contributed by atoms with Gasteiger partial charge in [0.1, 0.15) is 17.7 Å². The predicted molar refractivity (Wildman–Crippen MR) is 65.4 cm³/mol. The monoisotopic (exact) mass is 256 g/mol. The lowest BCUT2D eigenvalue weighted by Gasteiger charge is -2.15. The topological polar surface area (TPSA) is 26.3 Å². The second-order valence-corrected chi connectivity index (χ2v) is 4.11. The van der Waals surface area contributed by atoms with Crippen LogP contribution in [0, 0.1) is 11.6 Å². The van der Waals surface area contributed by atoms with E-state index in [1.165, 1.54) is 0 Å².